The van der Waals surface area contributed by atoms with E-state index in [4.69, 9.17) is 0 Å². The van der Waals surface area contributed by atoms with E-state index in [1.807, 2.05) is 19.1 Å². The van der Waals surface area contributed by atoms with Crippen molar-refractivity contribution in [3.8, 4) is 0 Å². The first-order valence-electron chi connectivity index (χ1n) is 8.18. The summed E-state index contributed by atoms with van der Waals surface area (Å²) in [5, 5.41) is 0. The first kappa shape index (κ1) is 18.5. The summed E-state index contributed by atoms with van der Waals surface area (Å²) in [6, 6.07) is 9.75. The predicted octanol–water partition coefficient (Wildman–Crippen LogP) is 4.85. The van der Waals surface area contributed by atoms with Gasteiger partial charge in [-0.1, -0.05) is 13.3 Å². The molecule has 0 radical (unpaired) electrons. The molecule has 0 N–H and O–H groups in total. The van der Waals surface area contributed by atoms with Crippen molar-refractivity contribution in [3.63, 3.8) is 0 Å². The number of thioether (sulfide) groups is 1. The molecule has 1 aromatic heterocycles. The summed E-state index contributed by atoms with van der Waals surface area (Å²) in [5.41, 5.74) is 1.71. The largest absolute Gasteiger partial charge is 0.304 e. The highest BCUT2D eigenvalue weighted by molar-refractivity contribution is 7.99. The van der Waals surface area contributed by atoms with Gasteiger partial charge in [-0.3, -0.25) is 9.78 Å². The fourth-order valence-electron chi connectivity index (χ4n) is 2.45. The van der Waals surface area contributed by atoms with E-state index in [1.165, 1.54) is 12.1 Å². The Morgan fingerprint density at radius 3 is 2.50 bits per heavy atom. The van der Waals surface area contributed by atoms with E-state index in [0.717, 1.165) is 24.2 Å². The third-order valence-corrected chi connectivity index (χ3v) is 4.85. The molecule has 1 unspecified atom stereocenters. The molecule has 1 aromatic carbocycles. The molecule has 0 bridgehead atoms. The van der Waals surface area contributed by atoms with Gasteiger partial charge in [0.25, 0.3) is 0 Å². The summed E-state index contributed by atoms with van der Waals surface area (Å²) in [5.74, 6) is 1.13. The average Bonchev–Trinajstić information content (AvgIpc) is 2.61. The lowest BCUT2D eigenvalue weighted by Gasteiger charge is -2.30. The second-order valence-electron chi connectivity index (χ2n) is 5.60. The maximum atomic E-state index is 13.2. The molecule has 1 amide bonds. The molecule has 0 saturated heterocycles. The van der Waals surface area contributed by atoms with Crippen molar-refractivity contribution in [2.75, 3.05) is 16.4 Å². The molecule has 0 aliphatic carbocycles. The van der Waals surface area contributed by atoms with Crippen molar-refractivity contribution in [2.45, 2.75) is 32.7 Å². The van der Waals surface area contributed by atoms with Crippen LogP contribution in [0.5, 0.6) is 0 Å². The number of pyridine rings is 1. The predicted molar refractivity (Wildman–Crippen MR) is 98.8 cm³/mol. The number of aromatic nitrogens is 1. The zero-order chi connectivity index (χ0) is 17.4. The topological polar surface area (TPSA) is 33.2 Å². The van der Waals surface area contributed by atoms with E-state index >= 15 is 0 Å². The minimum Gasteiger partial charge on any atom is -0.304 e. The van der Waals surface area contributed by atoms with Crippen molar-refractivity contribution in [2.24, 2.45) is 0 Å². The molecule has 2 aromatic rings. The Balaban J connectivity index is 2.21. The van der Waals surface area contributed by atoms with E-state index < -0.39 is 0 Å². The van der Waals surface area contributed by atoms with Crippen molar-refractivity contribution in [1.29, 1.82) is 0 Å². The molecule has 1 heterocycles. The molecule has 0 fully saturated rings. The number of halogens is 1. The van der Waals surface area contributed by atoms with E-state index in [-0.39, 0.29) is 17.8 Å². The molecule has 3 nitrogen and oxygen atoms in total. The van der Waals surface area contributed by atoms with Gasteiger partial charge < -0.3 is 4.90 Å². The zero-order valence-corrected chi connectivity index (χ0v) is 14.9. The van der Waals surface area contributed by atoms with Gasteiger partial charge in [-0.15, -0.1) is 0 Å². The monoisotopic (exact) mass is 346 g/mol. The second kappa shape index (κ2) is 9.42. The van der Waals surface area contributed by atoms with E-state index in [9.17, 15) is 9.18 Å². The Hall–Kier alpha value is -1.88. The SMILES string of the molecule is CCCCSCC(=O)N(c1ccc(F)cc1)C(C)c1ccncc1. The normalized spacial score (nSPS) is 12.0. The lowest BCUT2D eigenvalue weighted by atomic mass is 10.1. The van der Waals surface area contributed by atoms with Gasteiger partial charge in [0.05, 0.1) is 11.8 Å². The van der Waals surface area contributed by atoms with Crippen LogP contribution in [0.3, 0.4) is 0 Å². The number of anilines is 1. The number of carbonyl (C=O) groups excluding carboxylic acids is 1. The van der Waals surface area contributed by atoms with Gasteiger partial charge >= 0.3 is 0 Å². The van der Waals surface area contributed by atoms with Crippen LogP contribution in [-0.4, -0.2) is 22.4 Å². The molecule has 0 saturated carbocycles. The summed E-state index contributed by atoms with van der Waals surface area (Å²) in [6.45, 7) is 4.12. The Labute approximate surface area is 147 Å². The molecule has 2 rings (SSSR count). The van der Waals surface area contributed by atoms with Crippen molar-refractivity contribution >= 4 is 23.4 Å². The van der Waals surface area contributed by atoms with Crippen LogP contribution >= 0.6 is 11.8 Å². The maximum absolute atomic E-state index is 13.2. The average molecular weight is 346 g/mol. The van der Waals surface area contributed by atoms with E-state index in [2.05, 4.69) is 11.9 Å². The van der Waals surface area contributed by atoms with Crippen LogP contribution in [0.15, 0.2) is 48.8 Å². The maximum Gasteiger partial charge on any atom is 0.237 e. The van der Waals surface area contributed by atoms with Gasteiger partial charge in [-0.2, -0.15) is 11.8 Å². The van der Waals surface area contributed by atoms with Crippen LogP contribution in [0.4, 0.5) is 10.1 Å². The summed E-state index contributed by atoms with van der Waals surface area (Å²) in [7, 11) is 0. The minimum absolute atomic E-state index is 0.0343. The van der Waals surface area contributed by atoms with E-state index in [1.54, 1.807) is 41.2 Å². The number of nitrogens with zero attached hydrogens (tertiary/aromatic N) is 2. The van der Waals surface area contributed by atoms with Crippen molar-refractivity contribution in [1.82, 2.24) is 4.98 Å². The quantitative estimate of drug-likeness (QED) is 0.641. The Bertz CT molecular complexity index is 634. The molecule has 0 aliphatic heterocycles. The summed E-state index contributed by atoms with van der Waals surface area (Å²) >= 11 is 1.65. The Morgan fingerprint density at radius 2 is 1.88 bits per heavy atom. The molecule has 128 valence electrons. The van der Waals surface area contributed by atoms with Gasteiger partial charge in [0.2, 0.25) is 5.91 Å². The summed E-state index contributed by atoms with van der Waals surface area (Å²) in [6.07, 6.45) is 5.66. The zero-order valence-electron chi connectivity index (χ0n) is 14.1. The lowest BCUT2D eigenvalue weighted by Crippen LogP contribution is -2.35. The van der Waals surface area contributed by atoms with Crippen LogP contribution in [0.25, 0.3) is 0 Å². The molecule has 0 spiro atoms. The minimum atomic E-state index is -0.306. The molecular weight excluding hydrogens is 323 g/mol. The number of carbonyl (C=O) groups is 1. The third-order valence-electron chi connectivity index (χ3n) is 3.82. The number of unbranched alkanes of at least 4 members (excludes halogenated alkanes) is 1. The van der Waals surface area contributed by atoms with Crippen LogP contribution < -0.4 is 4.90 Å². The summed E-state index contributed by atoms with van der Waals surface area (Å²) in [4.78, 5) is 18.6. The lowest BCUT2D eigenvalue weighted by molar-refractivity contribution is -0.116. The van der Waals surface area contributed by atoms with Gasteiger partial charge in [-0.25, -0.2) is 4.39 Å². The Morgan fingerprint density at radius 1 is 1.21 bits per heavy atom. The second-order valence-corrected chi connectivity index (χ2v) is 6.71. The highest BCUT2D eigenvalue weighted by atomic mass is 32.2. The highest BCUT2D eigenvalue weighted by Gasteiger charge is 2.23. The number of benzene rings is 1. The molecule has 1 atom stereocenters. The first-order chi connectivity index (χ1) is 11.6. The fourth-order valence-corrected chi connectivity index (χ4v) is 3.40. The Kier molecular flexibility index (Phi) is 7.25. The first-order valence-corrected chi connectivity index (χ1v) is 9.34. The smallest absolute Gasteiger partial charge is 0.237 e. The molecule has 5 heteroatoms. The van der Waals surface area contributed by atoms with E-state index in [0.29, 0.717) is 11.4 Å². The summed E-state index contributed by atoms with van der Waals surface area (Å²) < 4.78 is 13.2. The highest BCUT2D eigenvalue weighted by Crippen LogP contribution is 2.28. The van der Waals surface area contributed by atoms with Gasteiger partial charge in [0.1, 0.15) is 5.82 Å². The number of hydrogen-bond donors (Lipinski definition) is 0. The number of amides is 1. The molecular formula is C19H23FN2OS. The van der Waals surface area contributed by atoms with Gasteiger partial charge in [0, 0.05) is 18.1 Å². The van der Waals surface area contributed by atoms with Crippen LogP contribution in [-0.2, 0) is 4.79 Å². The number of rotatable bonds is 8. The van der Waals surface area contributed by atoms with Crippen LogP contribution in [0.2, 0.25) is 0 Å². The fraction of sp³-hybridized carbons (Fsp3) is 0.368. The van der Waals surface area contributed by atoms with Gasteiger partial charge in [-0.05, 0) is 61.1 Å². The van der Waals surface area contributed by atoms with Crippen LogP contribution in [0.1, 0.15) is 38.3 Å². The molecule has 24 heavy (non-hydrogen) atoms. The van der Waals surface area contributed by atoms with Crippen molar-refractivity contribution < 1.29 is 9.18 Å². The standard InChI is InChI=1S/C19H23FN2OS/c1-3-4-13-24-14-19(23)22(18-7-5-17(20)6-8-18)15(2)16-9-11-21-12-10-16/h5-12,15H,3-4,13-14H2,1-2H3. The number of hydrogen-bond acceptors (Lipinski definition) is 3. The molecule has 0 aliphatic rings. The van der Waals surface area contributed by atoms with Gasteiger partial charge in [0.15, 0.2) is 0 Å². The van der Waals surface area contributed by atoms with Crippen molar-refractivity contribution in [3.05, 3.63) is 60.2 Å². The third kappa shape index (κ3) is 5.06. The van der Waals surface area contributed by atoms with Crippen LogP contribution in [0, 0.1) is 5.82 Å².